The van der Waals surface area contributed by atoms with Gasteiger partial charge in [0.25, 0.3) is 5.91 Å². The summed E-state index contributed by atoms with van der Waals surface area (Å²) in [6.45, 7) is 10.1. The molecule has 0 aliphatic rings. The van der Waals surface area contributed by atoms with Crippen molar-refractivity contribution in [2.75, 3.05) is 13.1 Å². The Morgan fingerprint density at radius 1 is 1.36 bits per heavy atom. The van der Waals surface area contributed by atoms with Crippen molar-refractivity contribution < 1.29 is 9.21 Å². The maximum Gasteiger partial charge on any atom is 0.270 e. The lowest BCUT2D eigenvalue weighted by Gasteiger charge is -2.30. The summed E-state index contributed by atoms with van der Waals surface area (Å²) in [5.41, 5.74) is 0.442. The SMILES string of the molecule is CC(C)N(CCNC(=O)c1csc(-c2ccco2)n1)C(C)C. The summed E-state index contributed by atoms with van der Waals surface area (Å²) in [5, 5.41) is 5.41. The first-order chi connectivity index (χ1) is 10.5. The highest BCUT2D eigenvalue weighted by atomic mass is 32.1. The molecule has 0 saturated carbocycles. The zero-order valence-corrected chi connectivity index (χ0v) is 14.3. The molecular formula is C16H23N3O2S. The van der Waals surface area contributed by atoms with Crippen LogP contribution in [0.15, 0.2) is 28.2 Å². The van der Waals surface area contributed by atoms with Crippen molar-refractivity contribution in [2.45, 2.75) is 39.8 Å². The summed E-state index contributed by atoms with van der Waals surface area (Å²) >= 11 is 1.41. The number of hydrogen-bond donors (Lipinski definition) is 1. The number of amides is 1. The fourth-order valence-corrected chi connectivity index (χ4v) is 3.16. The first kappa shape index (κ1) is 16.7. The molecule has 2 rings (SSSR count). The number of carbonyl (C=O) groups excluding carboxylic acids is 1. The van der Waals surface area contributed by atoms with E-state index < -0.39 is 0 Å². The third kappa shape index (κ3) is 4.18. The van der Waals surface area contributed by atoms with Gasteiger partial charge in [0.05, 0.1) is 6.26 Å². The quantitative estimate of drug-likeness (QED) is 0.850. The summed E-state index contributed by atoms with van der Waals surface area (Å²) in [7, 11) is 0. The van der Waals surface area contributed by atoms with Gasteiger partial charge in [0.2, 0.25) is 0 Å². The van der Waals surface area contributed by atoms with Gasteiger partial charge in [0.15, 0.2) is 10.8 Å². The molecule has 2 heterocycles. The molecule has 0 bridgehead atoms. The predicted octanol–water partition coefficient (Wildman–Crippen LogP) is 3.25. The van der Waals surface area contributed by atoms with Crippen LogP contribution in [-0.2, 0) is 0 Å². The third-order valence-electron chi connectivity index (χ3n) is 3.45. The Kier molecular flexibility index (Phi) is 5.74. The van der Waals surface area contributed by atoms with E-state index in [1.165, 1.54) is 11.3 Å². The Balaban J connectivity index is 1.88. The van der Waals surface area contributed by atoms with Crippen LogP contribution < -0.4 is 5.32 Å². The minimum absolute atomic E-state index is 0.137. The van der Waals surface area contributed by atoms with Gasteiger partial charge in [-0.15, -0.1) is 11.3 Å². The van der Waals surface area contributed by atoms with Gasteiger partial charge in [0, 0.05) is 30.6 Å². The van der Waals surface area contributed by atoms with Crippen molar-refractivity contribution in [1.29, 1.82) is 0 Å². The summed E-state index contributed by atoms with van der Waals surface area (Å²) in [4.78, 5) is 18.8. The summed E-state index contributed by atoms with van der Waals surface area (Å²) < 4.78 is 5.29. The van der Waals surface area contributed by atoms with Crippen LogP contribution in [0.25, 0.3) is 10.8 Å². The van der Waals surface area contributed by atoms with E-state index >= 15 is 0 Å². The van der Waals surface area contributed by atoms with Crippen LogP contribution in [0, 0.1) is 0 Å². The standard InChI is InChI=1S/C16H23N3O2S/c1-11(2)19(12(3)4)8-7-17-15(20)13-10-22-16(18-13)14-6-5-9-21-14/h5-6,9-12H,7-8H2,1-4H3,(H,17,20). The molecule has 0 radical (unpaired) electrons. The summed E-state index contributed by atoms with van der Waals surface area (Å²) in [5.74, 6) is 0.552. The van der Waals surface area contributed by atoms with Crippen molar-refractivity contribution in [3.63, 3.8) is 0 Å². The molecule has 0 aliphatic heterocycles. The fraction of sp³-hybridized carbons (Fsp3) is 0.500. The van der Waals surface area contributed by atoms with Crippen LogP contribution in [-0.4, -0.2) is 41.0 Å². The van der Waals surface area contributed by atoms with Crippen LogP contribution >= 0.6 is 11.3 Å². The van der Waals surface area contributed by atoms with Crippen LogP contribution in [0.2, 0.25) is 0 Å². The van der Waals surface area contributed by atoms with Gasteiger partial charge < -0.3 is 9.73 Å². The maximum absolute atomic E-state index is 12.1. The Labute approximate surface area is 135 Å². The number of nitrogens with zero attached hydrogens (tertiary/aromatic N) is 2. The molecule has 6 heteroatoms. The number of thiazole rings is 1. The second-order valence-electron chi connectivity index (χ2n) is 5.70. The van der Waals surface area contributed by atoms with Gasteiger partial charge in [0.1, 0.15) is 5.69 Å². The van der Waals surface area contributed by atoms with E-state index in [0.717, 1.165) is 11.6 Å². The van der Waals surface area contributed by atoms with Crippen LogP contribution in [0.3, 0.4) is 0 Å². The molecule has 0 unspecified atom stereocenters. The van der Waals surface area contributed by atoms with E-state index in [-0.39, 0.29) is 5.91 Å². The van der Waals surface area contributed by atoms with Gasteiger partial charge in [-0.1, -0.05) is 0 Å². The van der Waals surface area contributed by atoms with Crippen LogP contribution in [0.4, 0.5) is 0 Å². The van der Waals surface area contributed by atoms with Crippen molar-refractivity contribution in [3.05, 3.63) is 29.5 Å². The molecule has 0 aromatic carbocycles. The largest absolute Gasteiger partial charge is 0.462 e. The maximum atomic E-state index is 12.1. The number of hydrogen-bond acceptors (Lipinski definition) is 5. The summed E-state index contributed by atoms with van der Waals surface area (Å²) in [6.07, 6.45) is 1.60. The highest BCUT2D eigenvalue weighted by Gasteiger charge is 2.15. The zero-order chi connectivity index (χ0) is 16.1. The molecular weight excluding hydrogens is 298 g/mol. The molecule has 2 aromatic rings. The van der Waals surface area contributed by atoms with E-state index in [0.29, 0.717) is 30.1 Å². The molecule has 0 aliphatic carbocycles. The first-order valence-electron chi connectivity index (χ1n) is 7.52. The minimum atomic E-state index is -0.137. The van der Waals surface area contributed by atoms with Gasteiger partial charge in [-0.2, -0.15) is 0 Å². The molecule has 120 valence electrons. The van der Waals surface area contributed by atoms with Crippen molar-refractivity contribution in [1.82, 2.24) is 15.2 Å². The van der Waals surface area contributed by atoms with Crippen molar-refractivity contribution >= 4 is 17.2 Å². The lowest BCUT2D eigenvalue weighted by atomic mass is 10.2. The fourth-order valence-electron chi connectivity index (χ4n) is 2.39. The Morgan fingerprint density at radius 2 is 2.09 bits per heavy atom. The Bertz CT molecular complexity index is 582. The summed E-state index contributed by atoms with van der Waals surface area (Å²) in [6, 6.07) is 4.57. The molecule has 0 fully saturated rings. The average Bonchev–Trinajstić information content (AvgIpc) is 3.11. The van der Waals surface area contributed by atoms with Crippen LogP contribution in [0.5, 0.6) is 0 Å². The van der Waals surface area contributed by atoms with E-state index in [1.807, 2.05) is 12.1 Å². The molecule has 1 N–H and O–H groups in total. The second kappa shape index (κ2) is 7.56. The highest BCUT2D eigenvalue weighted by molar-refractivity contribution is 7.13. The van der Waals surface area contributed by atoms with Gasteiger partial charge >= 0.3 is 0 Å². The molecule has 5 nitrogen and oxygen atoms in total. The number of rotatable bonds is 7. The molecule has 1 amide bonds. The lowest BCUT2D eigenvalue weighted by Crippen LogP contribution is -2.42. The normalized spacial score (nSPS) is 11.6. The van der Waals surface area contributed by atoms with Gasteiger partial charge in [-0.05, 0) is 39.8 Å². The van der Waals surface area contributed by atoms with E-state index in [1.54, 1.807) is 11.6 Å². The molecule has 0 saturated heterocycles. The van der Waals surface area contributed by atoms with Crippen LogP contribution in [0.1, 0.15) is 38.2 Å². The van der Waals surface area contributed by atoms with E-state index in [9.17, 15) is 4.79 Å². The Hall–Kier alpha value is -1.66. The number of aromatic nitrogens is 1. The van der Waals surface area contributed by atoms with Gasteiger partial charge in [-0.3, -0.25) is 9.69 Å². The highest BCUT2D eigenvalue weighted by Crippen LogP contribution is 2.23. The number of furan rings is 1. The molecule has 2 aromatic heterocycles. The lowest BCUT2D eigenvalue weighted by molar-refractivity contribution is 0.0935. The molecule has 0 spiro atoms. The first-order valence-corrected chi connectivity index (χ1v) is 8.40. The smallest absolute Gasteiger partial charge is 0.270 e. The monoisotopic (exact) mass is 321 g/mol. The van der Waals surface area contributed by atoms with E-state index in [2.05, 4.69) is 42.9 Å². The third-order valence-corrected chi connectivity index (χ3v) is 4.31. The van der Waals surface area contributed by atoms with Crippen molar-refractivity contribution in [3.8, 4) is 10.8 Å². The molecule has 22 heavy (non-hydrogen) atoms. The average molecular weight is 321 g/mol. The molecule has 0 atom stereocenters. The minimum Gasteiger partial charge on any atom is -0.462 e. The Morgan fingerprint density at radius 3 is 2.68 bits per heavy atom. The van der Waals surface area contributed by atoms with Gasteiger partial charge in [-0.25, -0.2) is 4.98 Å². The number of carbonyl (C=O) groups is 1. The predicted molar refractivity (Wildman–Crippen MR) is 89.1 cm³/mol. The topological polar surface area (TPSA) is 58.4 Å². The number of nitrogens with one attached hydrogen (secondary N) is 1. The second-order valence-corrected chi connectivity index (χ2v) is 6.55. The zero-order valence-electron chi connectivity index (χ0n) is 13.5. The van der Waals surface area contributed by atoms with Crippen molar-refractivity contribution in [2.24, 2.45) is 0 Å². The van der Waals surface area contributed by atoms with E-state index in [4.69, 9.17) is 4.42 Å².